The molecule has 2 aliphatic carbocycles. The number of alkyl halides is 3. The second kappa shape index (κ2) is 11.3. The molecule has 2 aliphatic heterocycles. The fourth-order valence-corrected chi connectivity index (χ4v) is 11.1. The smallest absolute Gasteiger partial charge is 0.418 e. The predicted octanol–water partition coefficient (Wildman–Crippen LogP) is 5.86. The molecule has 3 fully saturated rings. The molecular formula is C34H26F3N3O6S2. The van der Waals surface area contributed by atoms with Gasteiger partial charge in [-0.05, 0) is 78.3 Å². The molecule has 6 unspecified atom stereocenters. The Morgan fingerprint density at radius 2 is 1.71 bits per heavy atom. The molecule has 3 N–H and O–H groups in total. The molecule has 9 nitrogen and oxygen atoms in total. The van der Waals surface area contributed by atoms with Gasteiger partial charge in [-0.3, -0.25) is 19.2 Å². The quantitative estimate of drug-likeness (QED) is 0.171. The summed E-state index contributed by atoms with van der Waals surface area (Å²) in [6.07, 6.45) is -4.17. The molecule has 8 rings (SSSR count). The van der Waals surface area contributed by atoms with E-state index in [1.54, 1.807) is 30.3 Å². The Balaban J connectivity index is 1.10. The first-order valence-electron chi connectivity index (χ1n) is 15.2. The summed E-state index contributed by atoms with van der Waals surface area (Å²) in [7, 11) is 0. The third-order valence-corrected chi connectivity index (χ3v) is 12.5. The van der Waals surface area contributed by atoms with Crippen LogP contribution in [0.25, 0.3) is 0 Å². The number of benzene rings is 3. The molecule has 3 aromatic carbocycles. The summed E-state index contributed by atoms with van der Waals surface area (Å²) in [6.45, 7) is -0.292. The van der Waals surface area contributed by atoms with Gasteiger partial charge in [0.2, 0.25) is 11.8 Å². The Kier molecular flexibility index (Phi) is 7.22. The topological polar surface area (TPSA) is 129 Å². The van der Waals surface area contributed by atoms with Crippen LogP contribution in [0.1, 0.15) is 28.3 Å². The summed E-state index contributed by atoms with van der Waals surface area (Å²) in [5, 5.41) is 12.7. The summed E-state index contributed by atoms with van der Waals surface area (Å²) >= 11 is 2.56. The molecule has 2 bridgehead atoms. The standard InChI is InChI=1S/C34H26F3N3O6S2/c35-34(36,37)21-6-1-2-7-22(21)40-31(43)26-19-13-20(27(26)32(40)44)28-25(19)24(29-30(47-28)39-33(45)48-29)15-4-3-5-18(12-15)46-14-23(42)38-16-8-10-17(41)11-9-16/h1-12,19-20,24-28,41H,13-14H2,(H,38,42)(H,39,45)/t19?,20?,24-,25?,26?,27?,28?/m1/s1. The number of aromatic amines is 1. The van der Waals surface area contributed by atoms with Gasteiger partial charge in [-0.2, -0.15) is 13.2 Å². The van der Waals surface area contributed by atoms with Gasteiger partial charge in [0.05, 0.1) is 28.1 Å². The molecule has 0 spiro atoms. The van der Waals surface area contributed by atoms with E-state index < -0.39 is 47.0 Å². The highest BCUT2D eigenvalue weighted by molar-refractivity contribution is 8.00. The third kappa shape index (κ3) is 4.91. The van der Waals surface area contributed by atoms with Crippen LogP contribution in [0.15, 0.2) is 82.6 Å². The maximum Gasteiger partial charge on any atom is 0.418 e. The molecule has 1 saturated heterocycles. The Bertz CT molecular complexity index is 2030. The molecule has 4 aliphatic rings. The van der Waals surface area contributed by atoms with Crippen LogP contribution in [0, 0.1) is 29.6 Å². The highest BCUT2D eigenvalue weighted by atomic mass is 32.2. The largest absolute Gasteiger partial charge is 0.508 e. The van der Waals surface area contributed by atoms with Crippen molar-refractivity contribution in [1.82, 2.24) is 4.98 Å². The number of phenolic OH excluding ortho intramolecular Hbond substituents is 1. The lowest BCUT2D eigenvalue weighted by atomic mass is 9.68. The van der Waals surface area contributed by atoms with E-state index in [-0.39, 0.29) is 46.2 Å². The minimum absolute atomic E-state index is 0.0685. The minimum Gasteiger partial charge on any atom is -0.508 e. The zero-order valence-corrected chi connectivity index (χ0v) is 26.4. The number of aromatic hydroxyl groups is 1. The highest BCUT2D eigenvalue weighted by Crippen LogP contribution is 2.69. The fraction of sp³-hybridized carbons (Fsp3) is 0.294. The summed E-state index contributed by atoms with van der Waals surface area (Å²) < 4.78 is 47.7. The molecule has 3 heterocycles. The number of H-pyrrole nitrogens is 1. The number of carbonyl (C=O) groups excluding carboxylic acids is 3. The van der Waals surface area contributed by atoms with Gasteiger partial charge in [-0.15, -0.1) is 11.8 Å². The average molecular weight is 694 g/mol. The Morgan fingerprint density at radius 1 is 0.979 bits per heavy atom. The Labute approximate surface area is 279 Å². The molecule has 4 aromatic rings. The number of aromatic nitrogens is 1. The molecular weight excluding hydrogens is 668 g/mol. The molecule has 2 saturated carbocycles. The molecule has 0 radical (unpaired) electrons. The maximum atomic E-state index is 14.0. The van der Waals surface area contributed by atoms with Crippen molar-refractivity contribution in [3.05, 3.63) is 98.5 Å². The number of halogens is 3. The van der Waals surface area contributed by atoms with Crippen molar-refractivity contribution >= 4 is 52.2 Å². The van der Waals surface area contributed by atoms with Crippen molar-refractivity contribution in [2.75, 3.05) is 16.8 Å². The van der Waals surface area contributed by atoms with Gasteiger partial charge in [-0.25, -0.2) is 4.90 Å². The van der Waals surface area contributed by atoms with E-state index in [2.05, 4.69) is 10.3 Å². The van der Waals surface area contributed by atoms with Crippen LogP contribution in [0.5, 0.6) is 11.5 Å². The number of hydrogen-bond acceptors (Lipinski definition) is 8. The lowest BCUT2D eigenvalue weighted by Gasteiger charge is -2.43. The van der Waals surface area contributed by atoms with Crippen LogP contribution < -0.4 is 19.8 Å². The number of para-hydroxylation sites is 1. The van der Waals surface area contributed by atoms with Crippen molar-refractivity contribution in [2.45, 2.75) is 28.8 Å². The first-order chi connectivity index (χ1) is 23.0. The minimum atomic E-state index is -4.75. The van der Waals surface area contributed by atoms with Crippen LogP contribution in [0.4, 0.5) is 24.5 Å². The highest BCUT2D eigenvalue weighted by Gasteiger charge is 2.70. The summed E-state index contributed by atoms with van der Waals surface area (Å²) in [5.74, 6) is -3.75. The van der Waals surface area contributed by atoms with Crippen molar-refractivity contribution in [1.29, 1.82) is 0 Å². The number of phenols is 1. The van der Waals surface area contributed by atoms with Crippen molar-refractivity contribution in [3.8, 4) is 11.5 Å². The van der Waals surface area contributed by atoms with Crippen LogP contribution in [0.2, 0.25) is 0 Å². The van der Waals surface area contributed by atoms with E-state index in [1.165, 1.54) is 42.1 Å². The van der Waals surface area contributed by atoms with Crippen LogP contribution in [0.3, 0.4) is 0 Å². The molecule has 3 amide bonds. The van der Waals surface area contributed by atoms with Gasteiger partial charge in [0.25, 0.3) is 5.91 Å². The van der Waals surface area contributed by atoms with Gasteiger partial charge < -0.3 is 20.1 Å². The van der Waals surface area contributed by atoms with Gasteiger partial charge in [-0.1, -0.05) is 35.6 Å². The van der Waals surface area contributed by atoms with E-state index in [0.717, 1.165) is 32.7 Å². The lowest BCUT2D eigenvalue weighted by Crippen LogP contribution is -2.42. The first kappa shape index (κ1) is 30.8. The number of imide groups is 1. The Morgan fingerprint density at radius 3 is 2.46 bits per heavy atom. The summed E-state index contributed by atoms with van der Waals surface area (Å²) in [4.78, 5) is 57.3. The van der Waals surface area contributed by atoms with Crippen molar-refractivity contribution < 1.29 is 37.4 Å². The fourth-order valence-electron chi connectivity index (χ4n) is 8.22. The van der Waals surface area contributed by atoms with Crippen LogP contribution in [-0.2, 0) is 20.6 Å². The Hall–Kier alpha value is -4.56. The number of amides is 3. The van der Waals surface area contributed by atoms with Gasteiger partial charge in [0.15, 0.2) is 6.61 Å². The number of nitrogens with one attached hydrogen (secondary N) is 2. The number of hydrogen-bond donors (Lipinski definition) is 3. The third-order valence-electron chi connectivity index (χ3n) is 9.91. The van der Waals surface area contributed by atoms with E-state index in [1.807, 2.05) is 6.07 Å². The number of carbonyl (C=O) groups is 3. The number of nitrogens with zero attached hydrogens (tertiary/aromatic N) is 1. The van der Waals surface area contributed by atoms with Gasteiger partial charge in [0.1, 0.15) is 11.5 Å². The van der Waals surface area contributed by atoms with Crippen molar-refractivity contribution in [3.63, 3.8) is 0 Å². The summed E-state index contributed by atoms with van der Waals surface area (Å²) in [5.41, 5.74) is -0.176. The first-order valence-corrected chi connectivity index (χ1v) is 16.9. The van der Waals surface area contributed by atoms with Gasteiger partial charge in [0, 0.05) is 21.7 Å². The predicted molar refractivity (Wildman–Crippen MR) is 171 cm³/mol. The van der Waals surface area contributed by atoms with Crippen molar-refractivity contribution in [2.24, 2.45) is 29.6 Å². The number of rotatable bonds is 6. The normalized spacial score (nSPS) is 27.1. The van der Waals surface area contributed by atoms with Crippen LogP contribution >= 0.6 is 23.1 Å². The number of thiazole rings is 1. The lowest BCUT2D eigenvalue weighted by molar-refractivity contribution is -0.137. The number of ether oxygens (including phenoxy) is 1. The maximum absolute atomic E-state index is 14.0. The number of thioether (sulfide) groups is 1. The van der Waals surface area contributed by atoms with E-state index in [4.69, 9.17) is 4.74 Å². The molecule has 246 valence electrons. The van der Waals surface area contributed by atoms with E-state index in [9.17, 15) is 37.5 Å². The van der Waals surface area contributed by atoms with Crippen LogP contribution in [-0.4, -0.2) is 39.7 Å². The SMILES string of the molecule is O=C(COc1cccc([C@H]2c3sc(=O)[nH]c3SC3C4CC(C5C(=O)N(c6ccccc6C(F)(F)F)C(=O)C45)C32)c1)Nc1ccc(O)cc1. The molecule has 48 heavy (non-hydrogen) atoms. The molecule has 7 atom stereocenters. The number of fused-ring (bicyclic) bond motifs is 9. The monoisotopic (exact) mass is 693 g/mol. The summed E-state index contributed by atoms with van der Waals surface area (Å²) in [6, 6.07) is 17.9. The molecule has 1 aromatic heterocycles. The zero-order chi connectivity index (χ0) is 33.5. The average Bonchev–Trinajstić information content (AvgIpc) is 3.79. The van der Waals surface area contributed by atoms with E-state index >= 15 is 0 Å². The molecule has 14 heteroatoms. The number of anilines is 2. The second-order valence-corrected chi connectivity index (χ2v) is 14.6. The van der Waals surface area contributed by atoms with Gasteiger partial charge >= 0.3 is 11.0 Å². The zero-order valence-electron chi connectivity index (χ0n) is 24.8. The second-order valence-electron chi connectivity index (χ2n) is 12.4. The van der Waals surface area contributed by atoms with E-state index in [0.29, 0.717) is 22.9 Å².